The van der Waals surface area contributed by atoms with Crippen molar-refractivity contribution in [3.63, 3.8) is 0 Å². The van der Waals surface area contributed by atoms with E-state index in [0.717, 1.165) is 41.6 Å². The number of carbonyl (C=O) groups is 1. The first-order valence-electron chi connectivity index (χ1n) is 8.87. The van der Waals surface area contributed by atoms with Crippen LogP contribution < -0.4 is 5.32 Å². The van der Waals surface area contributed by atoms with Gasteiger partial charge >= 0.3 is 6.03 Å². The molecule has 8 heteroatoms. The molecule has 1 saturated heterocycles. The quantitative estimate of drug-likeness (QED) is 0.722. The maximum absolute atomic E-state index is 12.5. The van der Waals surface area contributed by atoms with Gasteiger partial charge < -0.3 is 4.90 Å². The van der Waals surface area contributed by atoms with Crippen molar-refractivity contribution in [2.75, 3.05) is 31.5 Å². The summed E-state index contributed by atoms with van der Waals surface area (Å²) in [4.78, 5) is 25.8. The van der Waals surface area contributed by atoms with Crippen LogP contribution in [-0.2, 0) is 6.54 Å². The average molecular weight is 400 g/mol. The summed E-state index contributed by atoms with van der Waals surface area (Å²) in [6.07, 6.45) is 0. The lowest BCUT2D eigenvalue weighted by Crippen LogP contribution is -2.49. The van der Waals surface area contributed by atoms with Crippen molar-refractivity contribution in [3.8, 4) is 11.3 Å². The Morgan fingerprint density at radius 3 is 2.56 bits per heavy atom. The number of piperazine rings is 1. The lowest BCUT2D eigenvalue weighted by atomic mass is 10.2. The standard InChI is InChI=1S/C19H21N5OS2/c1-14-20-16(12-26-14)11-23-7-9-24(10-8-23)19(25)22-18-21-17(13-27-18)15-5-3-2-4-6-15/h2-6,12-13H,7-11H2,1H3,(H,21,22,25). The molecule has 4 rings (SSSR count). The van der Waals surface area contributed by atoms with Gasteiger partial charge in [-0.25, -0.2) is 14.8 Å². The van der Waals surface area contributed by atoms with Gasteiger partial charge in [-0.15, -0.1) is 22.7 Å². The molecule has 1 aliphatic heterocycles. The van der Waals surface area contributed by atoms with Crippen molar-refractivity contribution in [1.29, 1.82) is 0 Å². The minimum Gasteiger partial charge on any atom is -0.322 e. The largest absolute Gasteiger partial charge is 0.323 e. The number of anilines is 1. The molecule has 1 aliphatic rings. The molecule has 1 aromatic carbocycles. The predicted octanol–water partition coefficient (Wildman–Crippen LogP) is 3.92. The van der Waals surface area contributed by atoms with Gasteiger partial charge in [-0.1, -0.05) is 30.3 Å². The van der Waals surface area contributed by atoms with E-state index in [1.807, 2.05) is 47.5 Å². The molecular weight excluding hydrogens is 378 g/mol. The van der Waals surface area contributed by atoms with Crippen LogP contribution in [0.3, 0.4) is 0 Å². The SMILES string of the molecule is Cc1nc(CN2CCN(C(=O)Nc3nc(-c4ccccc4)cs3)CC2)cs1. The monoisotopic (exact) mass is 399 g/mol. The highest BCUT2D eigenvalue weighted by Crippen LogP contribution is 2.25. The predicted molar refractivity (Wildman–Crippen MR) is 110 cm³/mol. The van der Waals surface area contributed by atoms with Crippen LogP contribution in [0.25, 0.3) is 11.3 Å². The van der Waals surface area contributed by atoms with E-state index in [2.05, 4.69) is 25.6 Å². The molecule has 0 unspecified atom stereocenters. The Bertz CT molecular complexity index is 900. The first kappa shape index (κ1) is 18.1. The molecule has 0 saturated carbocycles. The van der Waals surface area contributed by atoms with Crippen molar-refractivity contribution < 1.29 is 4.79 Å². The van der Waals surface area contributed by atoms with Crippen LogP contribution in [0.5, 0.6) is 0 Å². The van der Waals surface area contributed by atoms with Gasteiger partial charge in [0.15, 0.2) is 5.13 Å². The number of nitrogens with one attached hydrogen (secondary N) is 1. The second-order valence-electron chi connectivity index (χ2n) is 6.46. The number of rotatable bonds is 4. The zero-order valence-electron chi connectivity index (χ0n) is 15.1. The fourth-order valence-corrected chi connectivity index (χ4v) is 4.38. The highest BCUT2D eigenvalue weighted by atomic mass is 32.1. The number of thiazole rings is 2. The molecule has 0 aliphatic carbocycles. The topological polar surface area (TPSA) is 61.4 Å². The van der Waals surface area contributed by atoms with E-state index in [4.69, 9.17) is 0 Å². The summed E-state index contributed by atoms with van der Waals surface area (Å²) < 4.78 is 0. The van der Waals surface area contributed by atoms with E-state index >= 15 is 0 Å². The number of hydrogen-bond donors (Lipinski definition) is 1. The third kappa shape index (κ3) is 4.52. The van der Waals surface area contributed by atoms with Crippen molar-refractivity contribution in [1.82, 2.24) is 19.8 Å². The zero-order valence-corrected chi connectivity index (χ0v) is 16.7. The van der Waals surface area contributed by atoms with Gasteiger partial charge in [0.1, 0.15) is 0 Å². The van der Waals surface area contributed by atoms with Gasteiger partial charge in [-0.3, -0.25) is 10.2 Å². The Labute approximate surface area is 166 Å². The minimum atomic E-state index is -0.0758. The number of urea groups is 1. The van der Waals surface area contributed by atoms with Crippen LogP contribution in [0.2, 0.25) is 0 Å². The maximum Gasteiger partial charge on any atom is 0.323 e. The lowest BCUT2D eigenvalue weighted by Gasteiger charge is -2.34. The van der Waals surface area contributed by atoms with E-state index in [0.29, 0.717) is 18.2 Å². The van der Waals surface area contributed by atoms with E-state index in [1.54, 1.807) is 11.3 Å². The first-order valence-corrected chi connectivity index (χ1v) is 10.6. The van der Waals surface area contributed by atoms with Crippen molar-refractivity contribution >= 4 is 33.8 Å². The van der Waals surface area contributed by atoms with E-state index < -0.39 is 0 Å². The molecule has 0 atom stereocenters. The highest BCUT2D eigenvalue weighted by molar-refractivity contribution is 7.14. The van der Waals surface area contributed by atoms with Crippen LogP contribution >= 0.6 is 22.7 Å². The molecule has 1 N–H and O–H groups in total. The molecule has 3 aromatic rings. The van der Waals surface area contributed by atoms with Crippen LogP contribution in [-0.4, -0.2) is 52.0 Å². The number of benzene rings is 1. The molecule has 3 heterocycles. The molecular formula is C19H21N5OS2. The van der Waals surface area contributed by atoms with Crippen LogP contribution in [0.1, 0.15) is 10.7 Å². The number of hydrogen-bond acceptors (Lipinski definition) is 6. The van der Waals surface area contributed by atoms with Gasteiger partial charge in [0.2, 0.25) is 0 Å². The fourth-order valence-electron chi connectivity index (χ4n) is 3.06. The van der Waals surface area contributed by atoms with Gasteiger partial charge in [0.05, 0.1) is 16.4 Å². The summed E-state index contributed by atoms with van der Waals surface area (Å²) in [5, 5.41) is 8.75. The summed E-state index contributed by atoms with van der Waals surface area (Å²) in [5.41, 5.74) is 3.06. The smallest absolute Gasteiger partial charge is 0.322 e. The number of carbonyl (C=O) groups excluding carboxylic acids is 1. The number of nitrogens with zero attached hydrogens (tertiary/aromatic N) is 4. The van der Waals surface area contributed by atoms with Gasteiger partial charge in [-0.05, 0) is 6.92 Å². The highest BCUT2D eigenvalue weighted by Gasteiger charge is 2.22. The summed E-state index contributed by atoms with van der Waals surface area (Å²) in [7, 11) is 0. The number of aryl methyl sites for hydroxylation is 1. The summed E-state index contributed by atoms with van der Waals surface area (Å²) in [6.45, 7) is 6.02. The molecule has 1 fully saturated rings. The minimum absolute atomic E-state index is 0.0758. The van der Waals surface area contributed by atoms with Crippen molar-refractivity contribution in [3.05, 3.63) is 51.8 Å². The Kier molecular flexibility index (Phi) is 5.47. The van der Waals surface area contributed by atoms with E-state index in [9.17, 15) is 4.79 Å². The summed E-state index contributed by atoms with van der Waals surface area (Å²) >= 11 is 3.14. The molecule has 2 amide bonds. The zero-order chi connectivity index (χ0) is 18.6. The van der Waals surface area contributed by atoms with Gasteiger partial charge in [0, 0.05) is 49.0 Å². The molecule has 140 valence electrons. The molecule has 0 radical (unpaired) electrons. The molecule has 0 spiro atoms. The lowest BCUT2D eigenvalue weighted by molar-refractivity contribution is 0.142. The second kappa shape index (κ2) is 8.16. The van der Waals surface area contributed by atoms with E-state index in [-0.39, 0.29) is 6.03 Å². The number of amides is 2. The second-order valence-corrected chi connectivity index (χ2v) is 8.38. The molecule has 6 nitrogen and oxygen atoms in total. The first-order chi connectivity index (χ1) is 13.2. The average Bonchev–Trinajstić information content (AvgIpc) is 3.32. The Morgan fingerprint density at radius 2 is 1.85 bits per heavy atom. The van der Waals surface area contributed by atoms with Crippen LogP contribution in [0.4, 0.5) is 9.93 Å². The third-order valence-corrected chi connectivity index (χ3v) is 6.08. The Morgan fingerprint density at radius 1 is 1.07 bits per heavy atom. The molecule has 0 bridgehead atoms. The van der Waals surface area contributed by atoms with Crippen molar-refractivity contribution in [2.24, 2.45) is 0 Å². The number of aromatic nitrogens is 2. The fraction of sp³-hybridized carbons (Fsp3) is 0.316. The van der Waals surface area contributed by atoms with Gasteiger partial charge in [-0.2, -0.15) is 0 Å². The third-order valence-electron chi connectivity index (χ3n) is 4.50. The normalized spacial score (nSPS) is 15.1. The van der Waals surface area contributed by atoms with Crippen LogP contribution in [0, 0.1) is 6.92 Å². The summed E-state index contributed by atoms with van der Waals surface area (Å²) in [5.74, 6) is 0. The van der Waals surface area contributed by atoms with Crippen molar-refractivity contribution in [2.45, 2.75) is 13.5 Å². The summed E-state index contributed by atoms with van der Waals surface area (Å²) in [6, 6.07) is 9.91. The van der Waals surface area contributed by atoms with Gasteiger partial charge in [0.25, 0.3) is 0 Å². The maximum atomic E-state index is 12.5. The Balaban J connectivity index is 1.29. The molecule has 27 heavy (non-hydrogen) atoms. The van der Waals surface area contributed by atoms with Crippen LogP contribution in [0.15, 0.2) is 41.1 Å². The van der Waals surface area contributed by atoms with E-state index in [1.165, 1.54) is 11.3 Å². The molecule has 2 aromatic heterocycles. The Hall–Kier alpha value is -2.29.